The first kappa shape index (κ1) is 15.9. The number of benzene rings is 1. The Morgan fingerprint density at radius 3 is 2.57 bits per heavy atom. The standard InChI is InChI=1S/C16H24FN3O/c1-3-13(11-18)19-7-9-20(10-8-19)16(21)14-6-4-5-12(2)15(14)17/h4-6,13H,3,7-11,18H2,1-2H3. The van der Waals surface area contributed by atoms with Gasteiger partial charge in [0.15, 0.2) is 0 Å². The van der Waals surface area contributed by atoms with Gasteiger partial charge in [-0.1, -0.05) is 19.1 Å². The molecule has 0 radical (unpaired) electrons. The molecular weight excluding hydrogens is 269 g/mol. The number of nitrogens with zero attached hydrogens (tertiary/aromatic N) is 2. The lowest BCUT2D eigenvalue weighted by molar-refractivity contribution is 0.0567. The monoisotopic (exact) mass is 293 g/mol. The summed E-state index contributed by atoms with van der Waals surface area (Å²) in [6, 6.07) is 5.34. The summed E-state index contributed by atoms with van der Waals surface area (Å²) in [5, 5.41) is 0. The van der Waals surface area contributed by atoms with Crippen LogP contribution >= 0.6 is 0 Å². The second-order valence-electron chi connectivity index (χ2n) is 5.56. The molecule has 116 valence electrons. The van der Waals surface area contributed by atoms with Crippen LogP contribution in [0.1, 0.15) is 29.3 Å². The van der Waals surface area contributed by atoms with E-state index >= 15 is 0 Å². The lowest BCUT2D eigenvalue weighted by Gasteiger charge is -2.38. The molecule has 1 unspecified atom stereocenters. The zero-order valence-electron chi connectivity index (χ0n) is 12.8. The number of halogens is 1. The maximum absolute atomic E-state index is 14.0. The summed E-state index contributed by atoms with van der Waals surface area (Å²) in [7, 11) is 0. The zero-order chi connectivity index (χ0) is 15.4. The minimum atomic E-state index is -0.404. The quantitative estimate of drug-likeness (QED) is 0.918. The molecule has 0 aliphatic carbocycles. The predicted molar refractivity (Wildman–Crippen MR) is 81.7 cm³/mol. The number of hydrogen-bond acceptors (Lipinski definition) is 3. The van der Waals surface area contributed by atoms with E-state index in [-0.39, 0.29) is 11.5 Å². The third kappa shape index (κ3) is 3.41. The Morgan fingerprint density at radius 1 is 1.33 bits per heavy atom. The smallest absolute Gasteiger partial charge is 0.256 e. The number of amides is 1. The van der Waals surface area contributed by atoms with Crippen LogP contribution < -0.4 is 5.73 Å². The molecule has 2 N–H and O–H groups in total. The minimum absolute atomic E-state index is 0.175. The van der Waals surface area contributed by atoms with Gasteiger partial charge in [0, 0.05) is 38.8 Å². The highest BCUT2D eigenvalue weighted by Gasteiger charge is 2.26. The molecule has 1 heterocycles. The van der Waals surface area contributed by atoms with Crippen LogP contribution in [0.25, 0.3) is 0 Å². The highest BCUT2D eigenvalue weighted by molar-refractivity contribution is 5.94. The summed E-state index contributed by atoms with van der Waals surface area (Å²) >= 11 is 0. The van der Waals surface area contributed by atoms with Gasteiger partial charge in [0.25, 0.3) is 5.91 Å². The SMILES string of the molecule is CCC(CN)N1CCN(C(=O)c2cccc(C)c2F)CC1. The summed E-state index contributed by atoms with van der Waals surface area (Å²) in [6.45, 7) is 7.29. The van der Waals surface area contributed by atoms with Gasteiger partial charge in [-0.05, 0) is 25.0 Å². The zero-order valence-corrected chi connectivity index (χ0v) is 12.8. The minimum Gasteiger partial charge on any atom is -0.336 e. The molecule has 1 atom stereocenters. The lowest BCUT2D eigenvalue weighted by Crippen LogP contribution is -2.53. The van der Waals surface area contributed by atoms with Crippen molar-refractivity contribution < 1.29 is 9.18 Å². The Hall–Kier alpha value is -1.46. The summed E-state index contributed by atoms with van der Waals surface area (Å²) < 4.78 is 14.0. The van der Waals surface area contributed by atoms with E-state index in [1.165, 1.54) is 0 Å². The number of nitrogens with two attached hydrogens (primary N) is 1. The van der Waals surface area contributed by atoms with Gasteiger partial charge < -0.3 is 10.6 Å². The number of hydrogen-bond donors (Lipinski definition) is 1. The number of carbonyl (C=O) groups excluding carboxylic acids is 1. The van der Waals surface area contributed by atoms with Crippen LogP contribution in [-0.2, 0) is 0 Å². The van der Waals surface area contributed by atoms with Crippen LogP contribution in [0.15, 0.2) is 18.2 Å². The van der Waals surface area contributed by atoms with E-state index in [2.05, 4.69) is 11.8 Å². The molecule has 1 aliphatic rings. The van der Waals surface area contributed by atoms with Crippen molar-refractivity contribution in [2.45, 2.75) is 26.3 Å². The Balaban J connectivity index is 2.02. The van der Waals surface area contributed by atoms with Gasteiger partial charge in [0.2, 0.25) is 0 Å². The van der Waals surface area contributed by atoms with Crippen molar-refractivity contribution >= 4 is 5.91 Å². The van der Waals surface area contributed by atoms with E-state index in [0.717, 1.165) is 19.5 Å². The second kappa shape index (κ2) is 7.00. The molecule has 1 saturated heterocycles. The average Bonchev–Trinajstić information content (AvgIpc) is 2.51. The van der Waals surface area contributed by atoms with E-state index in [1.807, 2.05) is 0 Å². The first-order chi connectivity index (χ1) is 10.1. The van der Waals surface area contributed by atoms with Gasteiger partial charge in [-0.3, -0.25) is 9.69 Å². The molecule has 1 aromatic carbocycles. The molecule has 0 aromatic heterocycles. The molecule has 0 bridgehead atoms. The second-order valence-corrected chi connectivity index (χ2v) is 5.56. The maximum Gasteiger partial charge on any atom is 0.256 e. The highest BCUT2D eigenvalue weighted by atomic mass is 19.1. The Kier molecular flexibility index (Phi) is 5.31. The van der Waals surface area contributed by atoms with Crippen molar-refractivity contribution in [1.82, 2.24) is 9.80 Å². The van der Waals surface area contributed by atoms with Gasteiger partial charge in [-0.2, -0.15) is 0 Å². The fourth-order valence-corrected chi connectivity index (χ4v) is 2.85. The van der Waals surface area contributed by atoms with E-state index in [1.54, 1.807) is 30.0 Å². The van der Waals surface area contributed by atoms with E-state index in [4.69, 9.17) is 5.73 Å². The van der Waals surface area contributed by atoms with E-state index in [0.29, 0.717) is 31.2 Å². The van der Waals surface area contributed by atoms with Crippen LogP contribution in [0.5, 0.6) is 0 Å². The third-order valence-corrected chi connectivity index (χ3v) is 4.28. The number of carbonyl (C=O) groups is 1. The van der Waals surface area contributed by atoms with Crippen molar-refractivity contribution in [3.63, 3.8) is 0 Å². The van der Waals surface area contributed by atoms with E-state index < -0.39 is 5.82 Å². The molecule has 0 spiro atoms. The molecule has 4 nitrogen and oxygen atoms in total. The fourth-order valence-electron chi connectivity index (χ4n) is 2.85. The van der Waals surface area contributed by atoms with Crippen molar-refractivity contribution in [1.29, 1.82) is 0 Å². The molecule has 2 rings (SSSR count). The van der Waals surface area contributed by atoms with Crippen LogP contribution in [0, 0.1) is 12.7 Å². The summed E-state index contributed by atoms with van der Waals surface area (Å²) in [5.41, 5.74) is 6.45. The first-order valence-corrected chi connectivity index (χ1v) is 7.57. The summed E-state index contributed by atoms with van der Waals surface area (Å²) in [5.74, 6) is -0.616. The normalized spacial score (nSPS) is 17.8. The van der Waals surface area contributed by atoms with Crippen LogP contribution in [-0.4, -0.2) is 54.5 Å². The van der Waals surface area contributed by atoms with Crippen LogP contribution in [0.2, 0.25) is 0 Å². The topological polar surface area (TPSA) is 49.6 Å². The highest BCUT2D eigenvalue weighted by Crippen LogP contribution is 2.16. The van der Waals surface area contributed by atoms with Gasteiger partial charge in [-0.15, -0.1) is 0 Å². The van der Waals surface area contributed by atoms with Gasteiger partial charge >= 0.3 is 0 Å². The van der Waals surface area contributed by atoms with Crippen LogP contribution in [0.3, 0.4) is 0 Å². The van der Waals surface area contributed by atoms with Crippen molar-refractivity contribution in [2.75, 3.05) is 32.7 Å². The van der Waals surface area contributed by atoms with E-state index in [9.17, 15) is 9.18 Å². The average molecular weight is 293 g/mol. The van der Waals surface area contributed by atoms with Gasteiger partial charge in [0.05, 0.1) is 5.56 Å². The lowest BCUT2D eigenvalue weighted by atomic mass is 10.1. The van der Waals surface area contributed by atoms with Gasteiger partial charge in [0.1, 0.15) is 5.82 Å². The van der Waals surface area contributed by atoms with Crippen molar-refractivity contribution in [3.05, 3.63) is 35.1 Å². The maximum atomic E-state index is 14.0. The number of piperazine rings is 1. The molecular formula is C16H24FN3O. The van der Waals surface area contributed by atoms with Crippen molar-refractivity contribution in [2.24, 2.45) is 5.73 Å². The molecule has 1 aromatic rings. The first-order valence-electron chi connectivity index (χ1n) is 7.57. The third-order valence-electron chi connectivity index (χ3n) is 4.28. The number of rotatable bonds is 4. The fraction of sp³-hybridized carbons (Fsp3) is 0.562. The summed E-state index contributed by atoms with van der Waals surface area (Å²) in [4.78, 5) is 16.5. The Morgan fingerprint density at radius 2 is 2.00 bits per heavy atom. The molecule has 1 fully saturated rings. The van der Waals surface area contributed by atoms with Crippen LogP contribution in [0.4, 0.5) is 4.39 Å². The number of aryl methyl sites for hydroxylation is 1. The Labute approximate surface area is 125 Å². The largest absolute Gasteiger partial charge is 0.336 e. The van der Waals surface area contributed by atoms with Gasteiger partial charge in [-0.25, -0.2) is 4.39 Å². The molecule has 1 aliphatic heterocycles. The summed E-state index contributed by atoms with van der Waals surface area (Å²) in [6.07, 6.45) is 1.01. The Bertz CT molecular complexity index is 494. The molecule has 5 heteroatoms. The molecule has 0 saturated carbocycles. The predicted octanol–water partition coefficient (Wildman–Crippen LogP) is 1.63. The van der Waals surface area contributed by atoms with Crippen molar-refractivity contribution in [3.8, 4) is 0 Å². The molecule has 21 heavy (non-hydrogen) atoms. The molecule has 1 amide bonds.